The molecule has 0 saturated heterocycles. The van der Waals surface area contributed by atoms with Gasteiger partial charge in [-0.2, -0.15) is 5.10 Å². The minimum atomic E-state index is -0.157. The first-order chi connectivity index (χ1) is 12.0. The number of aromatic nitrogens is 2. The number of halogens is 1. The van der Waals surface area contributed by atoms with E-state index in [9.17, 15) is 9.59 Å². The molecule has 7 heteroatoms. The molecule has 0 aliphatic carbocycles. The zero-order valence-corrected chi connectivity index (χ0v) is 14.9. The van der Waals surface area contributed by atoms with Crippen LogP contribution in [0, 0.1) is 6.92 Å². The van der Waals surface area contributed by atoms with Crippen LogP contribution in [-0.4, -0.2) is 28.1 Å². The Bertz CT molecular complexity index is 787. The molecule has 2 amide bonds. The number of aryl methyl sites for hydroxylation is 2. The van der Waals surface area contributed by atoms with Crippen LogP contribution in [0.3, 0.4) is 0 Å². The number of carbonyl (C=O) groups is 2. The highest BCUT2D eigenvalue weighted by atomic mass is 35.5. The molecule has 132 valence electrons. The predicted octanol–water partition coefficient (Wildman–Crippen LogP) is 2.68. The van der Waals surface area contributed by atoms with Crippen molar-refractivity contribution in [3.05, 3.63) is 46.6 Å². The Balaban J connectivity index is 1.51. The summed E-state index contributed by atoms with van der Waals surface area (Å²) in [6.07, 6.45) is 1.21. The Hall–Kier alpha value is -2.34. The first-order valence-corrected chi connectivity index (χ1v) is 8.77. The van der Waals surface area contributed by atoms with Crippen LogP contribution < -0.4 is 10.2 Å². The van der Waals surface area contributed by atoms with Crippen molar-refractivity contribution < 1.29 is 9.59 Å². The summed E-state index contributed by atoms with van der Waals surface area (Å²) in [7, 11) is 0. The van der Waals surface area contributed by atoms with Crippen LogP contribution in [0.4, 0.5) is 5.82 Å². The van der Waals surface area contributed by atoms with Crippen LogP contribution in [0.2, 0.25) is 5.02 Å². The third-order valence-corrected chi connectivity index (χ3v) is 4.58. The number of rotatable bonds is 5. The number of fused-ring (bicyclic) bond motifs is 1. The summed E-state index contributed by atoms with van der Waals surface area (Å²) in [4.78, 5) is 26.2. The quantitative estimate of drug-likeness (QED) is 0.891. The van der Waals surface area contributed by atoms with Gasteiger partial charge in [-0.05, 0) is 25.0 Å². The number of hydrogen-bond donors (Lipinski definition) is 1. The van der Waals surface area contributed by atoms with Gasteiger partial charge < -0.3 is 5.32 Å². The summed E-state index contributed by atoms with van der Waals surface area (Å²) in [5.41, 5.74) is 1.76. The van der Waals surface area contributed by atoms with E-state index in [1.54, 1.807) is 11.0 Å². The smallest absolute Gasteiger partial charge is 0.228 e. The molecule has 1 aliphatic heterocycles. The summed E-state index contributed by atoms with van der Waals surface area (Å²) >= 11 is 6.07. The van der Waals surface area contributed by atoms with Gasteiger partial charge in [-0.15, -0.1) is 0 Å². The van der Waals surface area contributed by atoms with E-state index in [0.29, 0.717) is 18.1 Å². The number of amides is 2. The van der Waals surface area contributed by atoms with Gasteiger partial charge in [-0.25, -0.2) is 4.68 Å². The van der Waals surface area contributed by atoms with E-state index in [0.717, 1.165) is 30.0 Å². The summed E-state index contributed by atoms with van der Waals surface area (Å²) in [6.45, 7) is 3.77. The molecule has 0 radical (unpaired) electrons. The van der Waals surface area contributed by atoms with E-state index < -0.39 is 0 Å². The summed E-state index contributed by atoms with van der Waals surface area (Å²) < 4.78 is 1.86. The van der Waals surface area contributed by atoms with Crippen LogP contribution >= 0.6 is 11.6 Å². The van der Waals surface area contributed by atoms with Gasteiger partial charge in [0.2, 0.25) is 11.8 Å². The van der Waals surface area contributed by atoms with Crippen molar-refractivity contribution in [2.45, 2.75) is 39.3 Å². The Labute approximate surface area is 151 Å². The summed E-state index contributed by atoms with van der Waals surface area (Å²) in [5.74, 6) is 0.619. The SMILES string of the molecule is Cc1cc2n(n1)CCCN2C(=O)CCC(=O)NCc1ccccc1Cl. The minimum absolute atomic E-state index is 0.0475. The maximum atomic E-state index is 12.5. The molecule has 1 aromatic carbocycles. The van der Waals surface area contributed by atoms with E-state index in [4.69, 9.17) is 11.6 Å². The second kappa shape index (κ2) is 7.70. The molecule has 0 atom stereocenters. The lowest BCUT2D eigenvalue weighted by atomic mass is 10.2. The average Bonchev–Trinajstić information content (AvgIpc) is 2.99. The van der Waals surface area contributed by atoms with E-state index in [1.807, 2.05) is 35.9 Å². The molecule has 1 aromatic heterocycles. The van der Waals surface area contributed by atoms with Crippen LogP contribution in [0.1, 0.15) is 30.5 Å². The topological polar surface area (TPSA) is 67.2 Å². The zero-order valence-electron chi connectivity index (χ0n) is 14.2. The second-order valence-corrected chi connectivity index (χ2v) is 6.54. The largest absolute Gasteiger partial charge is 0.352 e. The maximum Gasteiger partial charge on any atom is 0.228 e. The van der Waals surface area contributed by atoms with Crippen molar-refractivity contribution in [1.82, 2.24) is 15.1 Å². The highest BCUT2D eigenvalue weighted by Crippen LogP contribution is 2.22. The van der Waals surface area contributed by atoms with Gasteiger partial charge in [-0.3, -0.25) is 14.5 Å². The van der Waals surface area contributed by atoms with Crippen molar-refractivity contribution >= 4 is 29.2 Å². The van der Waals surface area contributed by atoms with Crippen LogP contribution in [0.5, 0.6) is 0 Å². The third kappa shape index (κ3) is 4.20. The molecule has 6 nitrogen and oxygen atoms in total. The fourth-order valence-corrected chi connectivity index (χ4v) is 3.14. The number of anilines is 1. The first kappa shape index (κ1) is 17.5. The van der Waals surface area contributed by atoms with Gasteiger partial charge in [0, 0.05) is 43.6 Å². The Kier molecular flexibility index (Phi) is 5.38. The lowest BCUT2D eigenvalue weighted by molar-refractivity contribution is -0.125. The molecule has 3 rings (SSSR count). The number of nitrogens with zero attached hydrogens (tertiary/aromatic N) is 3. The van der Waals surface area contributed by atoms with Crippen molar-refractivity contribution in [2.24, 2.45) is 0 Å². The number of nitrogens with one attached hydrogen (secondary N) is 1. The van der Waals surface area contributed by atoms with Crippen molar-refractivity contribution in [3.8, 4) is 0 Å². The minimum Gasteiger partial charge on any atom is -0.352 e. The Morgan fingerprint density at radius 3 is 2.84 bits per heavy atom. The van der Waals surface area contributed by atoms with Gasteiger partial charge in [0.15, 0.2) is 0 Å². The molecular weight excluding hydrogens is 340 g/mol. The van der Waals surface area contributed by atoms with Crippen molar-refractivity contribution in [2.75, 3.05) is 11.4 Å². The van der Waals surface area contributed by atoms with E-state index >= 15 is 0 Å². The monoisotopic (exact) mass is 360 g/mol. The molecule has 25 heavy (non-hydrogen) atoms. The third-order valence-electron chi connectivity index (χ3n) is 4.21. The standard InChI is InChI=1S/C18H21ClN4O2/c1-13-11-17-22(9-4-10-23(17)21-13)18(25)8-7-16(24)20-12-14-5-2-3-6-15(14)19/h2-3,5-6,11H,4,7-10,12H2,1H3,(H,20,24). The second-order valence-electron chi connectivity index (χ2n) is 6.13. The number of benzene rings is 1. The van der Waals surface area contributed by atoms with Crippen LogP contribution in [0.25, 0.3) is 0 Å². The molecular formula is C18H21ClN4O2. The number of carbonyl (C=O) groups excluding carboxylic acids is 2. The number of hydrogen-bond acceptors (Lipinski definition) is 3. The summed E-state index contributed by atoms with van der Waals surface area (Å²) in [5, 5.41) is 7.81. The molecule has 0 bridgehead atoms. The Morgan fingerprint density at radius 2 is 2.04 bits per heavy atom. The van der Waals surface area contributed by atoms with E-state index in [-0.39, 0.29) is 24.7 Å². The summed E-state index contributed by atoms with van der Waals surface area (Å²) in [6, 6.07) is 9.28. The average molecular weight is 361 g/mol. The van der Waals surface area contributed by atoms with Crippen molar-refractivity contribution in [3.63, 3.8) is 0 Å². The molecule has 2 heterocycles. The van der Waals surface area contributed by atoms with Gasteiger partial charge in [0.05, 0.1) is 5.69 Å². The van der Waals surface area contributed by atoms with Crippen LogP contribution in [0.15, 0.2) is 30.3 Å². The fraction of sp³-hybridized carbons (Fsp3) is 0.389. The molecule has 0 fully saturated rings. The van der Waals surface area contributed by atoms with Crippen LogP contribution in [-0.2, 0) is 22.7 Å². The first-order valence-electron chi connectivity index (χ1n) is 8.39. The fourth-order valence-electron chi connectivity index (χ4n) is 2.94. The molecule has 0 saturated carbocycles. The van der Waals surface area contributed by atoms with Gasteiger partial charge >= 0.3 is 0 Å². The zero-order chi connectivity index (χ0) is 17.8. The van der Waals surface area contributed by atoms with Gasteiger partial charge in [-0.1, -0.05) is 29.8 Å². The van der Waals surface area contributed by atoms with Gasteiger partial charge in [0.25, 0.3) is 0 Å². The van der Waals surface area contributed by atoms with E-state index in [1.165, 1.54) is 0 Å². The lowest BCUT2D eigenvalue weighted by Gasteiger charge is -2.27. The maximum absolute atomic E-state index is 12.5. The van der Waals surface area contributed by atoms with Crippen molar-refractivity contribution in [1.29, 1.82) is 0 Å². The normalized spacial score (nSPS) is 13.4. The molecule has 2 aromatic rings. The lowest BCUT2D eigenvalue weighted by Crippen LogP contribution is -2.38. The molecule has 0 spiro atoms. The van der Waals surface area contributed by atoms with Gasteiger partial charge in [0.1, 0.15) is 5.82 Å². The molecule has 1 aliphatic rings. The van der Waals surface area contributed by atoms with E-state index in [2.05, 4.69) is 10.4 Å². The Morgan fingerprint density at radius 1 is 1.24 bits per heavy atom. The molecule has 1 N–H and O–H groups in total. The highest BCUT2D eigenvalue weighted by molar-refractivity contribution is 6.31. The molecule has 0 unspecified atom stereocenters. The predicted molar refractivity (Wildman–Crippen MR) is 96.5 cm³/mol. The highest BCUT2D eigenvalue weighted by Gasteiger charge is 2.24.